The smallest absolute Gasteiger partial charge is 0.277 e. The molecule has 4 rings (SSSR count). The molecule has 0 unspecified atom stereocenters. The highest BCUT2D eigenvalue weighted by atomic mass is 16.5. The summed E-state index contributed by atoms with van der Waals surface area (Å²) < 4.78 is 5.31. The Labute approximate surface area is 171 Å². The fraction of sp³-hybridized carbons (Fsp3) is 0.304. The fourth-order valence-corrected chi connectivity index (χ4v) is 3.53. The summed E-state index contributed by atoms with van der Waals surface area (Å²) in [6, 6.07) is 19.3. The zero-order chi connectivity index (χ0) is 20.1. The number of piperazine rings is 1. The first-order valence-electron chi connectivity index (χ1n) is 10.1. The van der Waals surface area contributed by atoms with Gasteiger partial charge in [-0.25, -0.2) is 0 Å². The molecule has 1 saturated heterocycles. The van der Waals surface area contributed by atoms with Crippen molar-refractivity contribution in [3.63, 3.8) is 0 Å². The van der Waals surface area contributed by atoms with E-state index in [-0.39, 0.29) is 11.6 Å². The molecule has 1 aromatic heterocycles. The van der Waals surface area contributed by atoms with Gasteiger partial charge in [0, 0.05) is 50.0 Å². The Hall–Kier alpha value is -2.96. The Morgan fingerprint density at radius 2 is 1.69 bits per heavy atom. The number of carbonyl (C=O) groups is 1. The van der Waals surface area contributed by atoms with Crippen LogP contribution >= 0.6 is 0 Å². The molecular weight excluding hydrogens is 364 g/mol. The first kappa shape index (κ1) is 19.4. The van der Waals surface area contributed by atoms with E-state index in [4.69, 9.17) is 4.52 Å². The lowest BCUT2D eigenvalue weighted by molar-refractivity contribution is 0.101. The number of carbonyl (C=O) groups excluding carboxylic acids is 1. The van der Waals surface area contributed by atoms with Crippen molar-refractivity contribution in [3.05, 3.63) is 71.9 Å². The van der Waals surface area contributed by atoms with Crippen LogP contribution < -0.4 is 5.32 Å². The molecule has 2 aromatic carbocycles. The second kappa shape index (κ2) is 9.03. The van der Waals surface area contributed by atoms with E-state index >= 15 is 0 Å². The van der Waals surface area contributed by atoms with Crippen molar-refractivity contribution in [1.29, 1.82) is 0 Å². The summed E-state index contributed by atoms with van der Waals surface area (Å²) in [5.74, 6) is 0.300. The second-order valence-electron chi connectivity index (χ2n) is 7.30. The van der Waals surface area contributed by atoms with E-state index < -0.39 is 0 Å². The van der Waals surface area contributed by atoms with Crippen molar-refractivity contribution < 1.29 is 9.32 Å². The molecule has 0 saturated carbocycles. The SMILES string of the molecule is CCN1CCN(Cc2ccc(NC(=O)c3cc(-c4ccccc4)on3)cc2)CC1. The number of benzene rings is 2. The van der Waals surface area contributed by atoms with E-state index in [1.807, 2.05) is 42.5 Å². The van der Waals surface area contributed by atoms with Crippen LogP contribution in [0.4, 0.5) is 5.69 Å². The molecular formula is C23H26N4O2. The summed E-state index contributed by atoms with van der Waals surface area (Å²) in [5.41, 5.74) is 3.16. The van der Waals surface area contributed by atoms with Crippen molar-refractivity contribution in [3.8, 4) is 11.3 Å². The Bertz CT molecular complexity index is 929. The molecule has 1 aliphatic rings. The molecule has 6 nitrogen and oxygen atoms in total. The Balaban J connectivity index is 1.33. The van der Waals surface area contributed by atoms with Crippen LogP contribution in [0.5, 0.6) is 0 Å². The predicted octanol–water partition coefficient (Wildman–Crippen LogP) is 3.73. The summed E-state index contributed by atoms with van der Waals surface area (Å²) in [6.07, 6.45) is 0. The van der Waals surface area contributed by atoms with E-state index in [9.17, 15) is 4.79 Å². The first-order valence-corrected chi connectivity index (χ1v) is 10.1. The molecule has 3 aromatic rings. The molecule has 0 aliphatic carbocycles. The third kappa shape index (κ3) is 4.91. The lowest BCUT2D eigenvalue weighted by atomic mass is 10.1. The minimum Gasteiger partial charge on any atom is -0.355 e. The number of aromatic nitrogens is 1. The van der Waals surface area contributed by atoms with Gasteiger partial charge in [0.15, 0.2) is 11.5 Å². The van der Waals surface area contributed by atoms with Crippen LogP contribution in [-0.4, -0.2) is 53.6 Å². The average molecular weight is 390 g/mol. The van der Waals surface area contributed by atoms with Crippen molar-refractivity contribution >= 4 is 11.6 Å². The molecule has 1 amide bonds. The standard InChI is InChI=1S/C23H26N4O2/c1-2-26-12-14-27(15-13-26)17-18-8-10-20(11-9-18)24-23(28)21-16-22(29-25-21)19-6-4-3-5-7-19/h3-11,16H,2,12-15,17H2,1H3,(H,24,28). The van der Waals surface area contributed by atoms with Crippen LogP contribution in [-0.2, 0) is 6.54 Å². The molecule has 29 heavy (non-hydrogen) atoms. The van der Waals surface area contributed by atoms with Crippen LogP contribution in [0.1, 0.15) is 23.0 Å². The van der Waals surface area contributed by atoms with Gasteiger partial charge in [-0.05, 0) is 24.2 Å². The molecule has 0 atom stereocenters. The van der Waals surface area contributed by atoms with E-state index in [2.05, 4.69) is 39.3 Å². The number of amides is 1. The molecule has 0 bridgehead atoms. The monoisotopic (exact) mass is 390 g/mol. The van der Waals surface area contributed by atoms with Gasteiger partial charge in [-0.15, -0.1) is 0 Å². The third-order valence-electron chi connectivity index (χ3n) is 5.33. The molecule has 1 fully saturated rings. The number of nitrogens with one attached hydrogen (secondary N) is 1. The molecule has 1 N–H and O–H groups in total. The van der Waals surface area contributed by atoms with Crippen molar-refractivity contribution in [1.82, 2.24) is 15.0 Å². The number of nitrogens with zero attached hydrogens (tertiary/aromatic N) is 3. The maximum atomic E-state index is 12.5. The lowest BCUT2D eigenvalue weighted by Gasteiger charge is -2.34. The van der Waals surface area contributed by atoms with E-state index in [0.29, 0.717) is 5.76 Å². The van der Waals surface area contributed by atoms with Crippen molar-refractivity contribution in [2.75, 3.05) is 38.0 Å². The number of likely N-dealkylation sites (N-methyl/N-ethyl adjacent to an activating group) is 1. The number of rotatable bonds is 6. The summed E-state index contributed by atoms with van der Waals surface area (Å²) >= 11 is 0. The van der Waals surface area contributed by atoms with Crippen LogP contribution in [0, 0.1) is 0 Å². The summed E-state index contributed by atoms with van der Waals surface area (Å²) in [5, 5.41) is 6.78. The predicted molar refractivity (Wildman–Crippen MR) is 114 cm³/mol. The maximum absolute atomic E-state index is 12.5. The zero-order valence-electron chi connectivity index (χ0n) is 16.7. The Morgan fingerprint density at radius 1 is 1.00 bits per heavy atom. The highest BCUT2D eigenvalue weighted by Crippen LogP contribution is 2.20. The molecule has 0 radical (unpaired) electrons. The third-order valence-corrected chi connectivity index (χ3v) is 5.33. The number of hydrogen-bond donors (Lipinski definition) is 1. The van der Waals surface area contributed by atoms with Crippen molar-refractivity contribution in [2.45, 2.75) is 13.5 Å². The van der Waals surface area contributed by atoms with Gasteiger partial charge in [0.05, 0.1) is 0 Å². The fourth-order valence-electron chi connectivity index (χ4n) is 3.53. The largest absolute Gasteiger partial charge is 0.355 e. The van der Waals surface area contributed by atoms with Crippen LogP contribution in [0.15, 0.2) is 65.2 Å². The first-order chi connectivity index (χ1) is 14.2. The van der Waals surface area contributed by atoms with E-state index in [1.54, 1.807) is 6.07 Å². The van der Waals surface area contributed by atoms with Gasteiger partial charge >= 0.3 is 0 Å². The molecule has 0 spiro atoms. The highest BCUT2D eigenvalue weighted by Gasteiger charge is 2.16. The van der Waals surface area contributed by atoms with Crippen LogP contribution in [0.2, 0.25) is 0 Å². The molecule has 2 heterocycles. The lowest BCUT2D eigenvalue weighted by Crippen LogP contribution is -2.45. The number of anilines is 1. The van der Waals surface area contributed by atoms with Gasteiger partial charge in [-0.3, -0.25) is 9.69 Å². The van der Waals surface area contributed by atoms with Crippen LogP contribution in [0.25, 0.3) is 11.3 Å². The summed E-state index contributed by atoms with van der Waals surface area (Å²) in [7, 11) is 0. The number of hydrogen-bond acceptors (Lipinski definition) is 5. The van der Waals surface area contributed by atoms with Gasteiger partial charge in [-0.2, -0.15) is 0 Å². The minimum atomic E-state index is -0.278. The Kier molecular flexibility index (Phi) is 6.03. The summed E-state index contributed by atoms with van der Waals surface area (Å²) in [6.45, 7) is 8.74. The molecule has 6 heteroatoms. The van der Waals surface area contributed by atoms with Gasteiger partial charge in [0.25, 0.3) is 5.91 Å². The van der Waals surface area contributed by atoms with E-state index in [1.165, 1.54) is 5.56 Å². The summed E-state index contributed by atoms with van der Waals surface area (Å²) in [4.78, 5) is 17.4. The molecule has 1 aliphatic heterocycles. The minimum absolute atomic E-state index is 0.265. The second-order valence-corrected chi connectivity index (χ2v) is 7.30. The van der Waals surface area contributed by atoms with Gasteiger partial charge in [0.1, 0.15) is 0 Å². The quantitative estimate of drug-likeness (QED) is 0.695. The zero-order valence-corrected chi connectivity index (χ0v) is 16.7. The normalized spacial score (nSPS) is 15.3. The van der Waals surface area contributed by atoms with Crippen LogP contribution in [0.3, 0.4) is 0 Å². The topological polar surface area (TPSA) is 61.6 Å². The highest BCUT2D eigenvalue weighted by molar-refractivity contribution is 6.03. The van der Waals surface area contributed by atoms with Gasteiger partial charge < -0.3 is 14.7 Å². The van der Waals surface area contributed by atoms with E-state index in [0.717, 1.165) is 50.5 Å². The van der Waals surface area contributed by atoms with Crippen molar-refractivity contribution in [2.24, 2.45) is 0 Å². The molecule has 150 valence electrons. The Morgan fingerprint density at radius 3 is 2.38 bits per heavy atom. The van der Waals surface area contributed by atoms with Gasteiger partial charge in [-0.1, -0.05) is 54.5 Å². The van der Waals surface area contributed by atoms with Gasteiger partial charge in [0.2, 0.25) is 0 Å². The maximum Gasteiger partial charge on any atom is 0.277 e. The average Bonchev–Trinajstić information content (AvgIpc) is 3.27.